The third kappa shape index (κ3) is 4.89. The molecule has 0 bridgehead atoms. The fourth-order valence-electron chi connectivity index (χ4n) is 3.87. The van der Waals surface area contributed by atoms with Gasteiger partial charge in [0.1, 0.15) is 5.82 Å². The van der Waals surface area contributed by atoms with E-state index < -0.39 is 15.3 Å². The van der Waals surface area contributed by atoms with Crippen molar-refractivity contribution in [1.82, 2.24) is 14.7 Å². The van der Waals surface area contributed by atoms with Gasteiger partial charge in [-0.3, -0.25) is 0 Å². The molecular formula is C18H31N5O3S. The molecule has 0 spiro atoms. The van der Waals surface area contributed by atoms with Gasteiger partial charge in [-0.2, -0.15) is 4.98 Å². The number of nitrogens with one attached hydrogen (secondary N) is 2. The van der Waals surface area contributed by atoms with Crippen LogP contribution in [0.2, 0.25) is 0 Å². The molecule has 2 saturated heterocycles. The summed E-state index contributed by atoms with van der Waals surface area (Å²) in [4.78, 5) is 10.9. The summed E-state index contributed by atoms with van der Waals surface area (Å²) in [6.45, 7) is 8.42. The smallest absolute Gasteiger partial charge is 0.227 e. The van der Waals surface area contributed by atoms with Crippen LogP contribution in [0.5, 0.6) is 0 Å². The third-order valence-electron chi connectivity index (χ3n) is 5.21. The number of nitrogens with zero attached hydrogens (tertiary/aromatic N) is 3. The average molecular weight is 398 g/mol. The Morgan fingerprint density at radius 1 is 1.37 bits per heavy atom. The Morgan fingerprint density at radius 2 is 2.19 bits per heavy atom. The van der Waals surface area contributed by atoms with Crippen molar-refractivity contribution in [3.05, 3.63) is 12.3 Å². The van der Waals surface area contributed by atoms with E-state index in [1.807, 2.05) is 11.0 Å². The van der Waals surface area contributed by atoms with E-state index in [9.17, 15) is 8.42 Å². The Bertz CT molecular complexity index is 727. The van der Waals surface area contributed by atoms with Crippen LogP contribution in [-0.2, 0) is 14.8 Å². The fraction of sp³-hybridized carbons (Fsp3) is 0.778. The van der Waals surface area contributed by atoms with Crippen LogP contribution < -0.4 is 14.9 Å². The molecule has 3 heterocycles. The summed E-state index contributed by atoms with van der Waals surface area (Å²) >= 11 is 0. The first kappa shape index (κ1) is 20.3. The minimum Gasteiger partial charge on any atom is -0.376 e. The molecule has 152 valence electrons. The van der Waals surface area contributed by atoms with E-state index in [0.29, 0.717) is 37.9 Å². The van der Waals surface area contributed by atoms with Crippen molar-refractivity contribution < 1.29 is 13.2 Å². The van der Waals surface area contributed by atoms with Gasteiger partial charge in [0.05, 0.1) is 17.4 Å². The van der Waals surface area contributed by atoms with Crippen LogP contribution in [0.4, 0.5) is 11.8 Å². The molecular weight excluding hydrogens is 366 g/mol. The molecule has 8 nitrogen and oxygen atoms in total. The van der Waals surface area contributed by atoms with Gasteiger partial charge >= 0.3 is 0 Å². The van der Waals surface area contributed by atoms with Crippen LogP contribution in [0.3, 0.4) is 0 Å². The maximum absolute atomic E-state index is 12.2. The highest BCUT2D eigenvalue weighted by Gasteiger charge is 2.34. The summed E-state index contributed by atoms with van der Waals surface area (Å²) in [6, 6.07) is 2.08. The number of anilines is 2. The maximum Gasteiger partial charge on any atom is 0.227 e. The van der Waals surface area contributed by atoms with Gasteiger partial charge < -0.3 is 15.0 Å². The lowest BCUT2D eigenvalue weighted by atomic mass is 9.94. The topological polar surface area (TPSA) is 96.5 Å². The van der Waals surface area contributed by atoms with Gasteiger partial charge in [-0.1, -0.05) is 20.8 Å². The largest absolute Gasteiger partial charge is 0.376 e. The molecule has 0 aromatic carbocycles. The van der Waals surface area contributed by atoms with Crippen molar-refractivity contribution in [3.63, 3.8) is 0 Å². The van der Waals surface area contributed by atoms with Gasteiger partial charge in [0, 0.05) is 32.4 Å². The van der Waals surface area contributed by atoms with E-state index in [-0.39, 0.29) is 12.1 Å². The minimum atomic E-state index is -3.28. The molecule has 0 saturated carbocycles. The van der Waals surface area contributed by atoms with E-state index in [2.05, 4.69) is 33.9 Å². The molecule has 1 aromatic heterocycles. The number of aromatic nitrogens is 2. The first-order chi connectivity index (χ1) is 12.9. The third-order valence-corrected chi connectivity index (χ3v) is 7.17. The van der Waals surface area contributed by atoms with E-state index in [0.717, 1.165) is 25.3 Å². The zero-order chi connectivity index (χ0) is 19.4. The van der Waals surface area contributed by atoms with E-state index in [4.69, 9.17) is 4.74 Å². The van der Waals surface area contributed by atoms with Crippen LogP contribution >= 0.6 is 0 Å². The van der Waals surface area contributed by atoms with Gasteiger partial charge in [-0.15, -0.1) is 0 Å². The molecule has 3 rings (SSSR count). The molecule has 0 radical (unpaired) electrons. The van der Waals surface area contributed by atoms with Crippen molar-refractivity contribution in [3.8, 4) is 0 Å². The first-order valence-corrected chi connectivity index (χ1v) is 11.4. The number of hydrogen-bond donors (Lipinski definition) is 2. The lowest BCUT2D eigenvalue weighted by Gasteiger charge is -2.35. The second-order valence-corrected chi connectivity index (χ2v) is 9.66. The molecule has 0 unspecified atom stereocenters. The average Bonchev–Trinajstić information content (AvgIpc) is 3.13. The molecule has 0 aliphatic carbocycles. The predicted octanol–water partition coefficient (Wildman–Crippen LogP) is 1.61. The van der Waals surface area contributed by atoms with Crippen LogP contribution in [-0.4, -0.2) is 62.0 Å². The fourth-order valence-corrected chi connectivity index (χ4v) is 5.30. The zero-order valence-corrected chi connectivity index (χ0v) is 17.2. The second kappa shape index (κ2) is 8.70. The summed E-state index contributed by atoms with van der Waals surface area (Å²) in [5.41, 5.74) is 0. The molecule has 9 heteroatoms. The maximum atomic E-state index is 12.2. The highest BCUT2D eigenvalue weighted by molar-refractivity contribution is 7.90. The van der Waals surface area contributed by atoms with Gasteiger partial charge in [0.15, 0.2) is 0 Å². The Kier molecular flexibility index (Phi) is 6.54. The molecule has 2 aliphatic rings. The lowest BCUT2D eigenvalue weighted by molar-refractivity contribution is -0.0203. The Labute approximate surface area is 162 Å². The quantitative estimate of drug-likeness (QED) is 0.721. The first-order valence-electron chi connectivity index (χ1n) is 9.85. The number of sulfonamides is 1. The van der Waals surface area contributed by atoms with Crippen LogP contribution in [0.25, 0.3) is 0 Å². The van der Waals surface area contributed by atoms with E-state index >= 15 is 0 Å². The Morgan fingerprint density at radius 3 is 2.93 bits per heavy atom. The lowest BCUT2D eigenvalue weighted by Crippen LogP contribution is -2.43. The SMILES string of the molecule is CCNS(=O)(=O)[C@@H]1CCN(c2nccc(N[C@H]3CCCO[C@@H]3C(C)C)n2)C1. The van der Waals surface area contributed by atoms with Crippen molar-refractivity contribution in [2.24, 2.45) is 5.92 Å². The molecule has 2 aliphatic heterocycles. The van der Waals surface area contributed by atoms with Crippen molar-refractivity contribution >= 4 is 21.8 Å². The molecule has 2 N–H and O–H groups in total. The molecule has 27 heavy (non-hydrogen) atoms. The molecule has 2 fully saturated rings. The predicted molar refractivity (Wildman–Crippen MR) is 106 cm³/mol. The van der Waals surface area contributed by atoms with Crippen molar-refractivity contribution in [2.75, 3.05) is 36.5 Å². The van der Waals surface area contributed by atoms with Gasteiger partial charge in [0.2, 0.25) is 16.0 Å². The second-order valence-electron chi connectivity index (χ2n) is 7.61. The molecule has 3 atom stereocenters. The normalized spacial score (nSPS) is 26.5. The standard InChI is InChI=1S/C18H31N5O3S/c1-4-20-27(24,25)14-8-10-23(12-14)18-19-9-7-16(22-18)21-15-6-5-11-26-17(15)13(2)3/h7,9,13-15,17,20H,4-6,8,10-12H2,1-3H3,(H,19,21,22)/t14-,15+,17-/m1/s1. The van der Waals surface area contributed by atoms with E-state index in [1.54, 1.807) is 13.1 Å². The number of rotatable bonds is 7. The van der Waals surface area contributed by atoms with Gasteiger partial charge in [0.25, 0.3) is 0 Å². The van der Waals surface area contributed by atoms with Gasteiger partial charge in [-0.25, -0.2) is 18.1 Å². The highest BCUT2D eigenvalue weighted by Crippen LogP contribution is 2.25. The summed E-state index contributed by atoms with van der Waals surface area (Å²) in [7, 11) is -3.28. The molecule has 1 aromatic rings. The summed E-state index contributed by atoms with van der Waals surface area (Å²) in [5, 5.41) is 3.08. The monoisotopic (exact) mass is 397 g/mol. The van der Waals surface area contributed by atoms with Crippen molar-refractivity contribution in [1.29, 1.82) is 0 Å². The van der Waals surface area contributed by atoms with Crippen LogP contribution in [0.1, 0.15) is 40.0 Å². The minimum absolute atomic E-state index is 0.165. The van der Waals surface area contributed by atoms with Crippen LogP contribution in [0.15, 0.2) is 12.3 Å². The number of ether oxygens (including phenoxy) is 1. The van der Waals surface area contributed by atoms with Crippen LogP contribution in [0, 0.1) is 5.92 Å². The Balaban J connectivity index is 1.67. The van der Waals surface area contributed by atoms with E-state index in [1.165, 1.54) is 0 Å². The van der Waals surface area contributed by atoms with Crippen molar-refractivity contribution in [2.45, 2.75) is 57.4 Å². The summed E-state index contributed by atoms with van der Waals surface area (Å²) in [6.07, 6.45) is 4.57. The highest BCUT2D eigenvalue weighted by atomic mass is 32.2. The summed E-state index contributed by atoms with van der Waals surface area (Å²) in [5.74, 6) is 1.77. The zero-order valence-electron chi connectivity index (χ0n) is 16.4. The summed E-state index contributed by atoms with van der Waals surface area (Å²) < 4.78 is 33.0. The van der Waals surface area contributed by atoms with Gasteiger partial charge in [-0.05, 0) is 31.2 Å². The Hall–Kier alpha value is -1.45. The molecule has 0 amide bonds. The number of hydrogen-bond acceptors (Lipinski definition) is 7.